The summed E-state index contributed by atoms with van der Waals surface area (Å²) in [7, 11) is 1.44. The monoisotopic (exact) mass is 351 g/mol. The summed E-state index contributed by atoms with van der Waals surface area (Å²) in [5, 5.41) is 2.96. The highest BCUT2D eigenvalue weighted by molar-refractivity contribution is 6.31. The third-order valence-corrected chi connectivity index (χ3v) is 3.40. The van der Waals surface area contributed by atoms with Gasteiger partial charge in [-0.1, -0.05) is 23.7 Å². The predicted octanol–water partition coefficient (Wildman–Crippen LogP) is 3.67. The largest absolute Gasteiger partial charge is 0.495 e. The Bertz CT molecular complexity index is 766. The molecule has 1 atom stereocenters. The van der Waals surface area contributed by atoms with E-state index in [1.165, 1.54) is 38.3 Å². The molecule has 0 heterocycles. The number of carbonyl (C=O) groups is 2. The van der Waals surface area contributed by atoms with Crippen LogP contribution in [0.5, 0.6) is 5.75 Å². The van der Waals surface area contributed by atoms with Gasteiger partial charge in [-0.3, -0.25) is 4.79 Å². The lowest BCUT2D eigenvalue weighted by Gasteiger charge is -2.15. The number of hydrogen-bond donors (Lipinski definition) is 1. The van der Waals surface area contributed by atoms with Crippen LogP contribution < -0.4 is 10.1 Å². The number of ether oxygens (including phenoxy) is 2. The molecule has 2 aromatic carbocycles. The number of methoxy groups -OCH3 is 1. The van der Waals surface area contributed by atoms with Crippen molar-refractivity contribution in [2.45, 2.75) is 13.0 Å². The Balaban J connectivity index is 2.06. The molecular weight excluding hydrogens is 337 g/mol. The number of hydrogen-bond acceptors (Lipinski definition) is 4. The summed E-state index contributed by atoms with van der Waals surface area (Å²) in [6, 6.07) is 10.1. The van der Waals surface area contributed by atoms with Crippen LogP contribution in [-0.2, 0) is 9.53 Å². The van der Waals surface area contributed by atoms with E-state index in [1.807, 2.05) is 0 Å². The Morgan fingerprint density at radius 3 is 2.58 bits per heavy atom. The minimum absolute atomic E-state index is 0.238. The van der Waals surface area contributed by atoms with Gasteiger partial charge >= 0.3 is 5.97 Å². The molecular formula is C17H15ClFNO4. The smallest absolute Gasteiger partial charge is 0.341 e. The number of amides is 1. The first kappa shape index (κ1) is 17.7. The molecule has 1 N–H and O–H groups in total. The van der Waals surface area contributed by atoms with Crippen molar-refractivity contribution in [1.82, 2.24) is 0 Å². The van der Waals surface area contributed by atoms with Gasteiger partial charge in [-0.05, 0) is 37.3 Å². The number of halogens is 2. The number of anilines is 1. The number of esters is 1. The second-order valence-electron chi connectivity index (χ2n) is 4.86. The van der Waals surface area contributed by atoms with Crippen molar-refractivity contribution in [1.29, 1.82) is 0 Å². The molecule has 2 aromatic rings. The van der Waals surface area contributed by atoms with Crippen molar-refractivity contribution in [2.24, 2.45) is 0 Å². The lowest BCUT2D eigenvalue weighted by molar-refractivity contribution is -0.123. The molecule has 0 aliphatic rings. The molecule has 126 valence electrons. The quantitative estimate of drug-likeness (QED) is 0.835. The molecule has 2 rings (SSSR count). The van der Waals surface area contributed by atoms with Gasteiger partial charge in [0.2, 0.25) is 0 Å². The zero-order valence-corrected chi connectivity index (χ0v) is 13.8. The van der Waals surface area contributed by atoms with E-state index in [2.05, 4.69) is 5.32 Å². The average molecular weight is 352 g/mol. The maximum absolute atomic E-state index is 13.5. The van der Waals surface area contributed by atoms with Gasteiger partial charge < -0.3 is 14.8 Å². The van der Waals surface area contributed by atoms with Crippen molar-refractivity contribution in [3.05, 3.63) is 58.9 Å². The maximum atomic E-state index is 13.5. The molecule has 1 amide bonds. The van der Waals surface area contributed by atoms with E-state index in [-0.39, 0.29) is 5.56 Å². The predicted molar refractivity (Wildman–Crippen MR) is 87.9 cm³/mol. The van der Waals surface area contributed by atoms with E-state index in [9.17, 15) is 14.0 Å². The lowest BCUT2D eigenvalue weighted by Crippen LogP contribution is -2.30. The minimum atomic E-state index is -1.14. The lowest BCUT2D eigenvalue weighted by atomic mass is 10.2. The molecule has 0 saturated heterocycles. The van der Waals surface area contributed by atoms with Crippen molar-refractivity contribution >= 4 is 29.2 Å². The molecule has 24 heavy (non-hydrogen) atoms. The van der Waals surface area contributed by atoms with Crippen LogP contribution in [0.25, 0.3) is 0 Å². The fourth-order valence-electron chi connectivity index (χ4n) is 1.92. The van der Waals surface area contributed by atoms with Crippen LogP contribution in [0.15, 0.2) is 42.5 Å². The van der Waals surface area contributed by atoms with E-state index in [0.29, 0.717) is 16.5 Å². The maximum Gasteiger partial charge on any atom is 0.341 e. The Hall–Kier alpha value is -2.60. The fraction of sp³-hybridized carbons (Fsp3) is 0.176. The molecule has 0 bridgehead atoms. The zero-order chi connectivity index (χ0) is 17.7. The van der Waals surface area contributed by atoms with Gasteiger partial charge in [0.05, 0.1) is 18.4 Å². The molecule has 0 radical (unpaired) electrons. The van der Waals surface area contributed by atoms with Crippen molar-refractivity contribution < 1.29 is 23.5 Å². The van der Waals surface area contributed by atoms with Crippen LogP contribution in [-0.4, -0.2) is 25.1 Å². The van der Waals surface area contributed by atoms with Gasteiger partial charge in [-0.25, -0.2) is 9.18 Å². The summed E-state index contributed by atoms with van der Waals surface area (Å²) in [6.45, 7) is 1.38. The zero-order valence-electron chi connectivity index (χ0n) is 13.0. The SMILES string of the molecule is COc1ccc(Cl)cc1NC(=O)[C@@H](C)OC(=O)c1ccccc1F. The van der Waals surface area contributed by atoms with Crippen LogP contribution in [0.2, 0.25) is 5.02 Å². The molecule has 0 aliphatic heterocycles. The van der Waals surface area contributed by atoms with Gasteiger partial charge in [0, 0.05) is 5.02 Å². The van der Waals surface area contributed by atoms with Gasteiger partial charge in [0.25, 0.3) is 5.91 Å². The summed E-state index contributed by atoms with van der Waals surface area (Å²) in [6.07, 6.45) is -1.14. The standard InChI is InChI=1S/C17H15ClFNO4/c1-10(24-17(22)12-5-3-4-6-13(12)19)16(21)20-14-9-11(18)7-8-15(14)23-2/h3-10H,1-2H3,(H,20,21)/t10-/m1/s1. The molecule has 0 unspecified atom stereocenters. The highest BCUT2D eigenvalue weighted by atomic mass is 35.5. The molecule has 0 saturated carbocycles. The van der Waals surface area contributed by atoms with E-state index in [1.54, 1.807) is 12.1 Å². The van der Waals surface area contributed by atoms with Gasteiger partial charge in [0.15, 0.2) is 6.10 Å². The van der Waals surface area contributed by atoms with Crippen LogP contribution in [0.1, 0.15) is 17.3 Å². The fourth-order valence-corrected chi connectivity index (χ4v) is 2.09. The second-order valence-corrected chi connectivity index (χ2v) is 5.30. The molecule has 0 spiro atoms. The van der Waals surface area contributed by atoms with Crippen LogP contribution >= 0.6 is 11.6 Å². The Labute approximate surface area is 143 Å². The first-order valence-electron chi connectivity index (χ1n) is 7.02. The second kappa shape index (κ2) is 7.79. The minimum Gasteiger partial charge on any atom is -0.495 e. The molecule has 0 aliphatic carbocycles. The molecule has 0 fully saturated rings. The summed E-state index contributed by atoms with van der Waals surface area (Å²) in [5.74, 6) is -1.83. The number of carbonyl (C=O) groups excluding carboxylic acids is 2. The van der Waals surface area contributed by atoms with Gasteiger partial charge in [0.1, 0.15) is 11.6 Å². The number of nitrogens with one attached hydrogen (secondary N) is 1. The van der Waals surface area contributed by atoms with Crippen molar-refractivity contribution in [2.75, 3.05) is 12.4 Å². The Morgan fingerprint density at radius 2 is 1.92 bits per heavy atom. The Morgan fingerprint density at radius 1 is 1.21 bits per heavy atom. The molecule has 0 aromatic heterocycles. The van der Waals surface area contributed by atoms with Crippen molar-refractivity contribution in [3.8, 4) is 5.75 Å². The summed E-state index contributed by atoms with van der Waals surface area (Å²) in [4.78, 5) is 24.1. The van der Waals surface area contributed by atoms with Crippen LogP contribution in [0.3, 0.4) is 0 Å². The summed E-state index contributed by atoms with van der Waals surface area (Å²) < 4.78 is 23.7. The van der Waals surface area contributed by atoms with Crippen molar-refractivity contribution in [3.63, 3.8) is 0 Å². The average Bonchev–Trinajstić information content (AvgIpc) is 2.55. The topological polar surface area (TPSA) is 64.6 Å². The Kier molecular flexibility index (Phi) is 5.76. The highest BCUT2D eigenvalue weighted by Crippen LogP contribution is 2.27. The normalized spacial score (nSPS) is 11.5. The first-order chi connectivity index (χ1) is 11.4. The summed E-state index contributed by atoms with van der Waals surface area (Å²) >= 11 is 5.88. The van der Waals surface area contributed by atoms with E-state index in [4.69, 9.17) is 21.1 Å². The van der Waals surface area contributed by atoms with Crippen LogP contribution in [0, 0.1) is 5.82 Å². The molecule has 5 nitrogen and oxygen atoms in total. The third-order valence-electron chi connectivity index (χ3n) is 3.17. The van der Waals surface area contributed by atoms with Crippen LogP contribution in [0.4, 0.5) is 10.1 Å². The van der Waals surface area contributed by atoms with Gasteiger partial charge in [-0.2, -0.15) is 0 Å². The van der Waals surface area contributed by atoms with E-state index >= 15 is 0 Å². The third kappa shape index (κ3) is 4.23. The van der Waals surface area contributed by atoms with E-state index in [0.717, 1.165) is 6.07 Å². The number of benzene rings is 2. The number of rotatable bonds is 5. The molecule has 7 heteroatoms. The highest BCUT2D eigenvalue weighted by Gasteiger charge is 2.21. The first-order valence-corrected chi connectivity index (χ1v) is 7.40. The van der Waals surface area contributed by atoms with Gasteiger partial charge in [-0.15, -0.1) is 0 Å². The summed E-state index contributed by atoms with van der Waals surface area (Å²) in [5.41, 5.74) is 0.0984. The van der Waals surface area contributed by atoms with E-state index < -0.39 is 23.8 Å².